The van der Waals surface area contributed by atoms with E-state index < -0.39 is 6.10 Å². The highest BCUT2D eigenvalue weighted by Crippen LogP contribution is 2.24. The number of amides is 1. The smallest absolute Gasteiger partial charge is 0.263 e. The fraction of sp³-hybridized carbons (Fsp3) is 0.381. The SMILES string of the molecule is Cc1ccc(CN(C)C(=O)C(C)Oc2cc(C)cc(C)c2C)cc1. The van der Waals surface area contributed by atoms with E-state index >= 15 is 0 Å². The Labute approximate surface area is 145 Å². The van der Waals surface area contributed by atoms with E-state index in [1.807, 2.05) is 33.9 Å². The Hall–Kier alpha value is -2.29. The van der Waals surface area contributed by atoms with Crippen LogP contribution in [-0.2, 0) is 11.3 Å². The second kappa shape index (κ2) is 7.52. The van der Waals surface area contributed by atoms with Crippen molar-refractivity contribution < 1.29 is 9.53 Å². The summed E-state index contributed by atoms with van der Waals surface area (Å²) < 4.78 is 5.96. The van der Waals surface area contributed by atoms with Crippen molar-refractivity contribution in [3.05, 3.63) is 64.2 Å². The van der Waals surface area contributed by atoms with Crippen molar-refractivity contribution in [1.82, 2.24) is 4.90 Å². The number of hydrogen-bond donors (Lipinski definition) is 0. The van der Waals surface area contributed by atoms with Crippen LogP contribution in [0, 0.1) is 27.7 Å². The summed E-state index contributed by atoms with van der Waals surface area (Å²) in [5.74, 6) is 0.770. The maximum absolute atomic E-state index is 12.6. The lowest BCUT2D eigenvalue weighted by molar-refractivity contribution is -0.137. The maximum Gasteiger partial charge on any atom is 0.263 e. The summed E-state index contributed by atoms with van der Waals surface area (Å²) in [7, 11) is 1.82. The van der Waals surface area contributed by atoms with Crippen molar-refractivity contribution >= 4 is 5.91 Å². The first-order valence-corrected chi connectivity index (χ1v) is 8.33. The quantitative estimate of drug-likeness (QED) is 0.818. The highest BCUT2D eigenvalue weighted by Gasteiger charge is 2.20. The minimum atomic E-state index is -0.514. The van der Waals surface area contributed by atoms with Gasteiger partial charge in [-0.25, -0.2) is 0 Å². The van der Waals surface area contributed by atoms with E-state index in [4.69, 9.17) is 4.74 Å². The predicted octanol–water partition coefficient (Wildman–Crippen LogP) is 4.35. The zero-order valence-corrected chi connectivity index (χ0v) is 15.5. The van der Waals surface area contributed by atoms with Crippen LogP contribution in [-0.4, -0.2) is 24.0 Å². The van der Waals surface area contributed by atoms with E-state index in [2.05, 4.69) is 44.2 Å². The van der Waals surface area contributed by atoms with Gasteiger partial charge in [-0.3, -0.25) is 4.79 Å². The van der Waals surface area contributed by atoms with Crippen LogP contribution in [0.15, 0.2) is 36.4 Å². The molecule has 128 valence electrons. The summed E-state index contributed by atoms with van der Waals surface area (Å²) in [6.45, 7) is 10.6. The number of hydrogen-bond acceptors (Lipinski definition) is 2. The zero-order chi connectivity index (χ0) is 17.9. The molecule has 0 saturated carbocycles. The molecule has 3 nitrogen and oxygen atoms in total. The molecule has 0 radical (unpaired) electrons. The molecule has 0 aromatic heterocycles. The summed E-state index contributed by atoms with van der Waals surface area (Å²) in [6.07, 6.45) is -0.514. The summed E-state index contributed by atoms with van der Waals surface area (Å²) in [4.78, 5) is 14.3. The third-order valence-electron chi connectivity index (χ3n) is 4.33. The number of carbonyl (C=O) groups excluding carboxylic acids is 1. The monoisotopic (exact) mass is 325 g/mol. The number of ether oxygens (including phenoxy) is 1. The molecule has 0 fully saturated rings. The molecule has 0 bridgehead atoms. The molecule has 0 heterocycles. The van der Waals surface area contributed by atoms with Crippen molar-refractivity contribution in [3.8, 4) is 5.75 Å². The molecule has 1 unspecified atom stereocenters. The zero-order valence-electron chi connectivity index (χ0n) is 15.5. The normalized spacial score (nSPS) is 11.9. The molecule has 0 saturated heterocycles. The van der Waals surface area contributed by atoms with Crippen LogP contribution in [0.3, 0.4) is 0 Å². The van der Waals surface area contributed by atoms with Crippen molar-refractivity contribution in [3.63, 3.8) is 0 Å². The number of aryl methyl sites for hydroxylation is 3. The van der Waals surface area contributed by atoms with Crippen LogP contribution in [0.1, 0.15) is 34.7 Å². The van der Waals surface area contributed by atoms with Crippen molar-refractivity contribution in [1.29, 1.82) is 0 Å². The van der Waals surface area contributed by atoms with Gasteiger partial charge >= 0.3 is 0 Å². The minimum absolute atomic E-state index is 0.0193. The topological polar surface area (TPSA) is 29.5 Å². The van der Waals surface area contributed by atoms with Gasteiger partial charge in [0.05, 0.1) is 0 Å². The lowest BCUT2D eigenvalue weighted by Gasteiger charge is -2.23. The molecule has 2 aromatic carbocycles. The molecular weight excluding hydrogens is 298 g/mol. The average Bonchev–Trinajstić information content (AvgIpc) is 2.53. The van der Waals surface area contributed by atoms with E-state index in [9.17, 15) is 4.79 Å². The van der Waals surface area contributed by atoms with Crippen molar-refractivity contribution in [2.24, 2.45) is 0 Å². The van der Waals surface area contributed by atoms with Crippen LogP contribution in [0.25, 0.3) is 0 Å². The second-order valence-electron chi connectivity index (χ2n) is 6.64. The highest BCUT2D eigenvalue weighted by atomic mass is 16.5. The van der Waals surface area contributed by atoms with Crippen molar-refractivity contribution in [2.45, 2.75) is 47.3 Å². The molecule has 0 spiro atoms. The summed E-state index contributed by atoms with van der Waals surface area (Å²) in [6, 6.07) is 12.3. The van der Waals surface area contributed by atoms with Gasteiger partial charge in [0.1, 0.15) is 5.75 Å². The predicted molar refractivity (Wildman–Crippen MR) is 98.4 cm³/mol. The summed E-state index contributed by atoms with van der Waals surface area (Å²) in [5.41, 5.74) is 5.74. The van der Waals surface area contributed by atoms with E-state index in [0.29, 0.717) is 6.54 Å². The molecule has 3 heteroatoms. The lowest BCUT2D eigenvalue weighted by Crippen LogP contribution is -2.37. The summed E-state index contributed by atoms with van der Waals surface area (Å²) >= 11 is 0. The second-order valence-corrected chi connectivity index (χ2v) is 6.64. The molecule has 0 aliphatic rings. The fourth-order valence-corrected chi connectivity index (χ4v) is 2.72. The van der Waals surface area contributed by atoms with Crippen LogP contribution in [0.4, 0.5) is 0 Å². The molecule has 0 aliphatic heterocycles. The van der Waals surface area contributed by atoms with E-state index in [-0.39, 0.29) is 5.91 Å². The number of likely N-dealkylation sites (N-methyl/N-ethyl adjacent to an activating group) is 1. The maximum atomic E-state index is 12.6. The number of rotatable bonds is 5. The number of carbonyl (C=O) groups is 1. The first-order valence-electron chi connectivity index (χ1n) is 8.33. The Morgan fingerprint density at radius 3 is 2.29 bits per heavy atom. The van der Waals surface area contributed by atoms with Gasteiger partial charge in [-0.2, -0.15) is 0 Å². The Balaban J connectivity index is 2.05. The third-order valence-corrected chi connectivity index (χ3v) is 4.33. The molecular formula is C21H27NO2. The Morgan fingerprint density at radius 1 is 1.04 bits per heavy atom. The Kier molecular flexibility index (Phi) is 5.66. The van der Waals surface area contributed by atoms with Gasteiger partial charge in [0.25, 0.3) is 5.91 Å². The Morgan fingerprint density at radius 2 is 1.67 bits per heavy atom. The number of nitrogens with zero attached hydrogens (tertiary/aromatic N) is 1. The molecule has 24 heavy (non-hydrogen) atoms. The van der Waals surface area contributed by atoms with Crippen LogP contribution >= 0.6 is 0 Å². The van der Waals surface area contributed by atoms with Crippen LogP contribution < -0.4 is 4.74 Å². The Bertz CT molecular complexity index is 719. The molecule has 2 aromatic rings. The largest absolute Gasteiger partial charge is 0.481 e. The fourth-order valence-electron chi connectivity index (χ4n) is 2.72. The minimum Gasteiger partial charge on any atom is -0.481 e. The molecule has 0 N–H and O–H groups in total. The van der Waals surface area contributed by atoms with Gasteiger partial charge in [-0.1, -0.05) is 35.9 Å². The molecule has 1 amide bonds. The van der Waals surface area contributed by atoms with Gasteiger partial charge in [-0.15, -0.1) is 0 Å². The number of benzene rings is 2. The third kappa shape index (κ3) is 4.38. The van der Waals surface area contributed by atoms with Crippen molar-refractivity contribution in [2.75, 3.05) is 7.05 Å². The molecule has 1 atom stereocenters. The van der Waals surface area contributed by atoms with Crippen LogP contribution in [0.5, 0.6) is 5.75 Å². The molecule has 0 aliphatic carbocycles. The van der Waals surface area contributed by atoms with Gasteiger partial charge in [-0.05, 0) is 62.9 Å². The van der Waals surface area contributed by atoms with Gasteiger partial charge in [0, 0.05) is 13.6 Å². The van der Waals surface area contributed by atoms with Gasteiger partial charge < -0.3 is 9.64 Å². The summed E-state index contributed by atoms with van der Waals surface area (Å²) in [5, 5.41) is 0. The lowest BCUT2D eigenvalue weighted by atomic mass is 10.1. The highest BCUT2D eigenvalue weighted by molar-refractivity contribution is 5.80. The van der Waals surface area contributed by atoms with Gasteiger partial charge in [0.2, 0.25) is 0 Å². The van der Waals surface area contributed by atoms with E-state index in [1.165, 1.54) is 11.1 Å². The molecule has 2 rings (SSSR count). The standard InChI is InChI=1S/C21H27NO2/c1-14-7-9-19(10-8-14)13-22(6)21(23)18(5)24-20-12-15(2)11-16(3)17(20)4/h7-12,18H,13H2,1-6H3. The first-order chi connectivity index (χ1) is 11.3. The first kappa shape index (κ1) is 18.1. The van der Waals surface area contributed by atoms with Gasteiger partial charge in [0.15, 0.2) is 6.10 Å². The van der Waals surface area contributed by atoms with E-state index in [0.717, 1.165) is 22.4 Å². The van der Waals surface area contributed by atoms with Crippen LogP contribution in [0.2, 0.25) is 0 Å². The van der Waals surface area contributed by atoms with E-state index in [1.54, 1.807) is 4.90 Å². The average molecular weight is 325 g/mol.